The van der Waals surface area contributed by atoms with Crippen LogP contribution in [0.1, 0.15) is 6.42 Å². The number of aldehydes is 1. The molecule has 1 atom stereocenters. The molecule has 49 valence electrons. The molecule has 0 bridgehead atoms. The minimum atomic E-state index is -0.178. The van der Waals surface area contributed by atoms with Gasteiger partial charge in [0, 0.05) is 6.42 Å². The summed E-state index contributed by atoms with van der Waals surface area (Å²) in [4.78, 5) is 11.9. The van der Waals surface area contributed by atoms with E-state index in [0.29, 0.717) is 6.42 Å². The second kappa shape index (κ2) is 4.11. The smallest absolute Gasteiger partial charge is 0.138 e. The Balaban J connectivity index is 3.71. The Kier molecular flexibility index (Phi) is 3.74. The third-order valence-electron chi connectivity index (χ3n) is 1.13. The topological polar surface area (TPSA) is 20.3 Å². The first-order chi connectivity index (χ1) is 4.22. The minimum Gasteiger partial charge on any atom is -0.302 e. The van der Waals surface area contributed by atoms with E-state index in [1.807, 2.05) is 0 Å². The SMILES string of the molecule is [C]#CCC(C=O)N(C)C. The molecular formula is C7H10NO. The van der Waals surface area contributed by atoms with Crippen LogP contribution in [0.3, 0.4) is 0 Å². The Morgan fingerprint density at radius 1 is 1.78 bits per heavy atom. The van der Waals surface area contributed by atoms with Gasteiger partial charge in [0.25, 0.3) is 0 Å². The first-order valence-corrected chi connectivity index (χ1v) is 2.73. The highest BCUT2D eigenvalue weighted by Crippen LogP contribution is 1.92. The van der Waals surface area contributed by atoms with Crippen molar-refractivity contribution in [3.63, 3.8) is 0 Å². The van der Waals surface area contributed by atoms with Gasteiger partial charge in [0.2, 0.25) is 0 Å². The van der Waals surface area contributed by atoms with Crippen molar-refractivity contribution in [3.8, 4) is 5.92 Å². The molecule has 0 spiro atoms. The predicted octanol–water partition coefficient (Wildman–Crippen LogP) is 0.0954. The zero-order valence-electron chi connectivity index (χ0n) is 5.72. The molecule has 0 N–H and O–H groups in total. The zero-order valence-corrected chi connectivity index (χ0v) is 5.72. The largest absolute Gasteiger partial charge is 0.302 e. The molecule has 0 aromatic carbocycles. The third-order valence-corrected chi connectivity index (χ3v) is 1.13. The first kappa shape index (κ1) is 8.19. The van der Waals surface area contributed by atoms with Crippen molar-refractivity contribution in [2.45, 2.75) is 12.5 Å². The van der Waals surface area contributed by atoms with Crippen LogP contribution in [-0.4, -0.2) is 31.3 Å². The van der Waals surface area contributed by atoms with Crippen LogP contribution < -0.4 is 0 Å². The van der Waals surface area contributed by atoms with E-state index in [1.165, 1.54) is 0 Å². The maximum atomic E-state index is 10.2. The molecule has 0 rings (SSSR count). The molecule has 0 heterocycles. The number of nitrogens with zero attached hydrogens (tertiary/aromatic N) is 1. The van der Waals surface area contributed by atoms with Crippen molar-refractivity contribution >= 4 is 6.29 Å². The molecule has 1 radical (unpaired) electrons. The summed E-state index contributed by atoms with van der Waals surface area (Å²) in [6.45, 7) is 0. The fourth-order valence-corrected chi connectivity index (χ4v) is 0.457. The maximum Gasteiger partial charge on any atom is 0.138 e. The number of carbonyl (C=O) groups excluding carboxylic acids is 1. The normalized spacial score (nSPS) is 12.7. The van der Waals surface area contributed by atoms with Gasteiger partial charge in [-0.25, -0.2) is 0 Å². The standard InChI is InChI=1S/C7H10NO/c1-4-5-7(6-9)8(2)3/h6-7H,5H2,2-3H3. The van der Waals surface area contributed by atoms with Crippen LogP contribution in [0.2, 0.25) is 0 Å². The molecule has 0 saturated heterocycles. The number of rotatable bonds is 3. The van der Waals surface area contributed by atoms with Gasteiger partial charge >= 0.3 is 0 Å². The van der Waals surface area contributed by atoms with Crippen LogP contribution in [0, 0.1) is 12.3 Å². The van der Waals surface area contributed by atoms with Gasteiger partial charge in [0.15, 0.2) is 0 Å². The minimum absolute atomic E-state index is 0.178. The van der Waals surface area contributed by atoms with Crippen molar-refractivity contribution < 1.29 is 4.79 Å². The fraction of sp³-hybridized carbons (Fsp3) is 0.571. The fourth-order valence-electron chi connectivity index (χ4n) is 0.457. The van der Waals surface area contributed by atoms with Crippen LogP contribution in [0.25, 0.3) is 0 Å². The average molecular weight is 124 g/mol. The molecule has 2 nitrogen and oxygen atoms in total. The molecule has 0 fully saturated rings. The Morgan fingerprint density at radius 3 is 2.44 bits per heavy atom. The van der Waals surface area contributed by atoms with E-state index in [9.17, 15) is 4.79 Å². The summed E-state index contributed by atoms with van der Waals surface area (Å²) < 4.78 is 0. The molecule has 0 amide bonds. The molecule has 0 aliphatic carbocycles. The van der Waals surface area contributed by atoms with Crippen molar-refractivity contribution in [3.05, 3.63) is 6.42 Å². The third kappa shape index (κ3) is 2.89. The van der Waals surface area contributed by atoms with Crippen LogP contribution in [0.15, 0.2) is 0 Å². The van der Waals surface area contributed by atoms with Crippen LogP contribution >= 0.6 is 0 Å². The molecule has 9 heavy (non-hydrogen) atoms. The highest BCUT2D eigenvalue weighted by atomic mass is 16.1. The summed E-state index contributed by atoms with van der Waals surface area (Å²) in [5.74, 6) is 2.18. The lowest BCUT2D eigenvalue weighted by molar-refractivity contribution is -0.111. The van der Waals surface area contributed by atoms with E-state index >= 15 is 0 Å². The van der Waals surface area contributed by atoms with E-state index < -0.39 is 0 Å². The van der Waals surface area contributed by atoms with Gasteiger partial charge in [-0.05, 0) is 20.5 Å². The first-order valence-electron chi connectivity index (χ1n) is 2.73. The zero-order chi connectivity index (χ0) is 7.28. The van der Waals surface area contributed by atoms with E-state index in [-0.39, 0.29) is 6.04 Å². The molecule has 1 unspecified atom stereocenters. The lowest BCUT2D eigenvalue weighted by atomic mass is 10.2. The Morgan fingerprint density at radius 2 is 2.33 bits per heavy atom. The quantitative estimate of drug-likeness (QED) is 0.392. The van der Waals surface area contributed by atoms with Crippen molar-refractivity contribution in [2.75, 3.05) is 14.1 Å². The lowest BCUT2D eigenvalue weighted by Gasteiger charge is -2.14. The van der Waals surface area contributed by atoms with Gasteiger partial charge in [-0.1, -0.05) is 5.92 Å². The summed E-state index contributed by atoms with van der Waals surface area (Å²) in [7, 11) is 3.60. The van der Waals surface area contributed by atoms with Crippen LogP contribution in [0.5, 0.6) is 0 Å². The van der Waals surface area contributed by atoms with Crippen LogP contribution in [0.4, 0.5) is 0 Å². The highest BCUT2D eigenvalue weighted by Gasteiger charge is 2.05. The van der Waals surface area contributed by atoms with Crippen molar-refractivity contribution in [1.29, 1.82) is 0 Å². The number of carbonyl (C=O) groups is 1. The highest BCUT2D eigenvalue weighted by molar-refractivity contribution is 5.57. The van der Waals surface area contributed by atoms with Gasteiger partial charge in [0.1, 0.15) is 6.29 Å². The van der Waals surface area contributed by atoms with E-state index in [2.05, 4.69) is 5.92 Å². The average Bonchev–Trinajstić information content (AvgIpc) is 1.82. The molecule has 0 saturated carbocycles. The van der Waals surface area contributed by atoms with Crippen LogP contribution in [-0.2, 0) is 4.79 Å². The predicted molar refractivity (Wildman–Crippen MR) is 35.3 cm³/mol. The molecule has 0 aromatic heterocycles. The second-order valence-corrected chi connectivity index (χ2v) is 2.05. The number of hydrogen-bond donors (Lipinski definition) is 0. The molecule has 2 heteroatoms. The van der Waals surface area contributed by atoms with E-state index in [1.54, 1.807) is 19.0 Å². The van der Waals surface area contributed by atoms with Gasteiger partial charge in [-0.3, -0.25) is 4.90 Å². The molecular weight excluding hydrogens is 114 g/mol. The van der Waals surface area contributed by atoms with Crippen molar-refractivity contribution in [1.82, 2.24) is 4.90 Å². The molecule has 0 aliphatic rings. The van der Waals surface area contributed by atoms with Gasteiger partial charge in [0.05, 0.1) is 6.04 Å². The summed E-state index contributed by atoms with van der Waals surface area (Å²) in [6.07, 6.45) is 7.80. The molecule has 0 aliphatic heterocycles. The monoisotopic (exact) mass is 124 g/mol. The van der Waals surface area contributed by atoms with Gasteiger partial charge in [-0.2, -0.15) is 0 Å². The second-order valence-electron chi connectivity index (χ2n) is 2.05. The number of hydrogen-bond acceptors (Lipinski definition) is 2. The van der Waals surface area contributed by atoms with E-state index in [0.717, 1.165) is 6.29 Å². The van der Waals surface area contributed by atoms with Gasteiger partial charge < -0.3 is 4.79 Å². The summed E-state index contributed by atoms with van der Waals surface area (Å²) in [5.41, 5.74) is 0. The Labute approximate surface area is 55.8 Å². The lowest BCUT2D eigenvalue weighted by Crippen LogP contribution is -2.28. The maximum absolute atomic E-state index is 10.2. The molecule has 0 aromatic rings. The van der Waals surface area contributed by atoms with Gasteiger partial charge in [-0.15, -0.1) is 0 Å². The van der Waals surface area contributed by atoms with Crippen molar-refractivity contribution in [2.24, 2.45) is 0 Å². The summed E-state index contributed by atoms with van der Waals surface area (Å²) >= 11 is 0. The Hall–Kier alpha value is -0.810. The van der Waals surface area contributed by atoms with E-state index in [4.69, 9.17) is 6.42 Å². The Bertz CT molecular complexity index is 123. The number of likely N-dealkylation sites (N-methyl/N-ethyl adjacent to an activating group) is 1. The summed E-state index contributed by atoms with van der Waals surface area (Å²) in [5, 5.41) is 0. The summed E-state index contributed by atoms with van der Waals surface area (Å²) in [6, 6.07) is -0.178.